The first-order valence-electron chi connectivity index (χ1n) is 6.44. The van der Waals surface area contributed by atoms with Gasteiger partial charge in [0.05, 0.1) is 11.5 Å². The van der Waals surface area contributed by atoms with Crippen LogP contribution in [0.1, 0.15) is 38.5 Å². The van der Waals surface area contributed by atoms with Gasteiger partial charge >= 0.3 is 11.8 Å². The zero-order valence-electron chi connectivity index (χ0n) is 10.5. The molecule has 2 amide bonds. The third-order valence-electron chi connectivity index (χ3n) is 3.18. The summed E-state index contributed by atoms with van der Waals surface area (Å²) in [4.78, 5) is 22.8. The topological polar surface area (TPSA) is 84.2 Å². The summed E-state index contributed by atoms with van der Waals surface area (Å²) in [5.41, 5.74) is 5.22. The quantitative estimate of drug-likeness (QED) is 0.372. The van der Waals surface area contributed by atoms with Crippen molar-refractivity contribution in [2.75, 3.05) is 13.1 Å². The number of carbonyl (C=O) groups excluding carboxylic acids is 2. The van der Waals surface area contributed by atoms with Crippen LogP contribution in [-0.2, 0) is 9.59 Å². The molecule has 0 bridgehead atoms. The SMILES string of the molecule is NC(=S)CNC(=O)C(=O)NCCCC1CCCC1. The molecular formula is C12H21N3O2S. The minimum Gasteiger partial charge on any atom is -0.392 e. The molecule has 18 heavy (non-hydrogen) atoms. The highest BCUT2D eigenvalue weighted by atomic mass is 32.1. The highest BCUT2D eigenvalue weighted by Gasteiger charge is 2.15. The lowest BCUT2D eigenvalue weighted by atomic mass is 10.0. The number of amides is 2. The summed E-state index contributed by atoms with van der Waals surface area (Å²) in [6.45, 7) is 0.611. The van der Waals surface area contributed by atoms with E-state index >= 15 is 0 Å². The van der Waals surface area contributed by atoms with Crippen LogP contribution in [0.4, 0.5) is 0 Å². The maximum atomic E-state index is 11.3. The van der Waals surface area contributed by atoms with Crippen molar-refractivity contribution in [3.8, 4) is 0 Å². The monoisotopic (exact) mass is 271 g/mol. The fourth-order valence-electron chi connectivity index (χ4n) is 2.22. The van der Waals surface area contributed by atoms with Gasteiger partial charge in [-0.3, -0.25) is 9.59 Å². The Morgan fingerprint density at radius 1 is 1.17 bits per heavy atom. The molecule has 0 unspecified atom stereocenters. The van der Waals surface area contributed by atoms with Gasteiger partial charge in [-0.05, 0) is 18.8 Å². The number of carbonyl (C=O) groups is 2. The van der Waals surface area contributed by atoms with E-state index in [1.165, 1.54) is 25.7 Å². The lowest BCUT2D eigenvalue weighted by molar-refractivity contribution is -0.139. The fraction of sp³-hybridized carbons (Fsp3) is 0.750. The lowest BCUT2D eigenvalue weighted by Crippen LogP contribution is -2.43. The fourth-order valence-corrected chi connectivity index (χ4v) is 2.29. The second-order valence-electron chi connectivity index (χ2n) is 4.70. The number of hydrogen-bond acceptors (Lipinski definition) is 3. The molecule has 0 saturated heterocycles. The Morgan fingerprint density at radius 2 is 1.78 bits per heavy atom. The maximum Gasteiger partial charge on any atom is 0.309 e. The van der Waals surface area contributed by atoms with Gasteiger partial charge in [-0.1, -0.05) is 37.9 Å². The zero-order valence-corrected chi connectivity index (χ0v) is 11.4. The van der Waals surface area contributed by atoms with E-state index in [1.807, 2.05) is 0 Å². The molecule has 1 saturated carbocycles. The van der Waals surface area contributed by atoms with Gasteiger partial charge in [-0.15, -0.1) is 0 Å². The van der Waals surface area contributed by atoms with Gasteiger partial charge in [0, 0.05) is 6.54 Å². The van der Waals surface area contributed by atoms with E-state index < -0.39 is 11.8 Å². The van der Waals surface area contributed by atoms with Gasteiger partial charge in [0.15, 0.2) is 0 Å². The average molecular weight is 271 g/mol. The summed E-state index contributed by atoms with van der Waals surface area (Å²) in [5.74, 6) is -0.480. The molecule has 0 radical (unpaired) electrons. The van der Waals surface area contributed by atoms with Crippen LogP contribution in [0.25, 0.3) is 0 Å². The van der Waals surface area contributed by atoms with Gasteiger partial charge in [0.25, 0.3) is 0 Å². The smallest absolute Gasteiger partial charge is 0.309 e. The summed E-state index contributed by atoms with van der Waals surface area (Å²) < 4.78 is 0. The third-order valence-corrected chi connectivity index (χ3v) is 3.32. The Labute approximate surface area is 113 Å². The van der Waals surface area contributed by atoms with Gasteiger partial charge in [0.2, 0.25) is 0 Å². The molecule has 102 valence electrons. The number of hydrogen-bond donors (Lipinski definition) is 3. The van der Waals surface area contributed by atoms with Crippen LogP contribution in [-0.4, -0.2) is 29.9 Å². The molecule has 0 aromatic heterocycles. The summed E-state index contributed by atoms with van der Waals surface area (Å²) in [7, 11) is 0. The van der Waals surface area contributed by atoms with E-state index in [4.69, 9.17) is 5.73 Å². The maximum absolute atomic E-state index is 11.3. The summed E-state index contributed by atoms with van der Waals surface area (Å²) in [6, 6.07) is 0. The van der Waals surface area contributed by atoms with E-state index in [9.17, 15) is 9.59 Å². The Balaban J connectivity index is 2.04. The van der Waals surface area contributed by atoms with E-state index in [0.717, 1.165) is 18.8 Å². The molecule has 0 aromatic rings. The molecular weight excluding hydrogens is 250 g/mol. The Kier molecular flexibility index (Phi) is 6.64. The molecule has 0 aliphatic heterocycles. The summed E-state index contributed by atoms with van der Waals surface area (Å²) in [5, 5.41) is 4.94. The molecule has 1 aliphatic rings. The van der Waals surface area contributed by atoms with Crippen molar-refractivity contribution in [1.29, 1.82) is 0 Å². The van der Waals surface area contributed by atoms with Crippen LogP contribution in [0.3, 0.4) is 0 Å². The molecule has 5 nitrogen and oxygen atoms in total. The van der Waals surface area contributed by atoms with E-state index in [2.05, 4.69) is 22.9 Å². The van der Waals surface area contributed by atoms with Crippen LogP contribution in [0.15, 0.2) is 0 Å². The van der Waals surface area contributed by atoms with Crippen LogP contribution >= 0.6 is 12.2 Å². The summed E-state index contributed by atoms with van der Waals surface area (Å²) >= 11 is 4.60. The van der Waals surface area contributed by atoms with Gasteiger partial charge in [-0.25, -0.2) is 0 Å². The van der Waals surface area contributed by atoms with Crippen LogP contribution < -0.4 is 16.4 Å². The van der Waals surface area contributed by atoms with Crippen LogP contribution in [0, 0.1) is 5.92 Å². The van der Waals surface area contributed by atoms with Crippen molar-refractivity contribution in [2.45, 2.75) is 38.5 Å². The van der Waals surface area contributed by atoms with Crippen molar-refractivity contribution in [3.05, 3.63) is 0 Å². The Bertz CT molecular complexity index is 314. The number of thiocarbonyl (C=S) groups is 1. The summed E-state index contributed by atoms with van der Waals surface area (Å²) in [6.07, 6.45) is 7.34. The van der Waals surface area contributed by atoms with E-state index in [0.29, 0.717) is 6.54 Å². The molecule has 6 heteroatoms. The first kappa shape index (κ1) is 14.9. The van der Waals surface area contributed by atoms with Crippen molar-refractivity contribution < 1.29 is 9.59 Å². The van der Waals surface area contributed by atoms with E-state index in [-0.39, 0.29) is 11.5 Å². The molecule has 0 atom stereocenters. The van der Waals surface area contributed by atoms with Crippen molar-refractivity contribution in [2.24, 2.45) is 11.7 Å². The zero-order chi connectivity index (χ0) is 13.4. The number of rotatable bonds is 6. The normalized spacial score (nSPS) is 15.3. The minimum atomic E-state index is -0.677. The predicted octanol–water partition coefficient (Wildman–Crippen LogP) is 0.475. The van der Waals surface area contributed by atoms with E-state index in [1.54, 1.807) is 0 Å². The molecule has 0 aromatic carbocycles. The van der Waals surface area contributed by atoms with Crippen molar-refractivity contribution in [3.63, 3.8) is 0 Å². The number of nitrogens with one attached hydrogen (secondary N) is 2. The minimum absolute atomic E-state index is 0.0592. The first-order valence-corrected chi connectivity index (χ1v) is 6.84. The molecule has 1 rings (SSSR count). The highest BCUT2D eigenvalue weighted by molar-refractivity contribution is 7.80. The van der Waals surface area contributed by atoms with Crippen molar-refractivity contribution in [1.82, 2.24) is 10.6 Å². The molecule has 1 aliphatic carbocycles. The first-order chi connectivity index (χ1) is 8.59. The largest absolute Gasteiger partial charge is 0.392 e. The standard InChI is InChI=1S/C12H21N3O2S/c13-10(18)8-15-12(17)11(16)14-7-3-6-9-4-1-2-5-9/h9H,1-8H2,(H2,13,18)(H,14,16)(H,15,17). The van der Waals surface area contributed by atoms with Gasteiger partial charge in [-0.2, -0.15) is 0 Å². The highest BCUT2D eigenvalue weighted by Crippen LogP contribution is 2.28. The third kappa shape index (κ3) is 5.95. The molecule has 0 heterocycles. The Hall–Kier alpha value is -1.17. The van der Waals surface area contributed by atoms with Gasteiger partial charge < -0.3 is 16.4 Å². The lowest BCUT2D eigenvalue weighted by Gasteiger charge is -2.09. The molecule has 4 N–H and O–H groups in total. The average Bonchev–Trinajstić information content (AvgIpc) is 2.84. The number of nitrogens with two attached hydrogens (primary N) is 1. The second-order valence-corrected chi connectivity index (χ2v) is 5.22. The van der Waals surface area contributed by atoms with Gasteiger partial charge in [0.1, 0.15) is 0 Å². The van der Waals surface area contributed by atoms with Crippen molar-refractivity contribution >= 4 is 29.0 Å². The molecule has 1 fully saturated rings. The Morgan fingerprint density at radius 3 is 2.39 bits per heavy atom. The predicted molar refractivity (Wildman–Crippen MR) is 74.0 cm³/mol. The second kappa shape index (κ2) is 8.02. The molecule has 0 spiro atoms. The van der Waals surface area contributed by atoms with Crippen LogP contribution in [0.5, 0.6) is 0 Å². The van der Waals surface area contributed by atoms with Crippen LogP contribution in [0.2, 0.25) is 0 Å².